The summed E-state index contributed by atoms with van der Waals surface area (Å²) in [4.78, 5) is 26.9. The number of aromatic nitrogens is 8. The van der Waals surface area contributed by atoms with Crippen molar-refractivity contribution in [1.29, 1.82) is 0 Å². The minimum Gasteiger partial charge on any atom is -0.336 e. The van der Waals surface area contributed by atoms with Crippen LogP contribution >= 0.6 is 0 Å². The number of aromatic amines is 2. The quantitative estimate of drug-likeness (QED) is 0.325. The molecule has 0 aromatic carbocycles. The highest BCUT2D eigenvalue weighted by Crippen LogP contribution is 2.34. The lowest BCUT2D eigenvalue weighted by Gasteiger charge is -2.15. The van der Waals surface area contributed by atoms with Crippen LogP contribution in [-0.2, 0) is 6.54 Å². The van der Waals surface area contributed by atoms with Gasteiger partial charge in [0.1, 0.15) is 22.6 Å². The number of nitrogens with one attached hydrogen (secondary N) is 2. The molecule has 1 aliphatic heterocycles. The normalized spacial score (nSPS) is 15.5. The monoisotopic (exact) mass is 527 g/mol. The predicted molar refractivity (Wildman–Crippen MR) is 138 cm³/mol. The summed E-state index contributed by atoms with van der Waals surface area (Å²) in [5.74, 6) is -2.92. The summed E-state index contributed by atoms with van der Waals surface area (Å²) in [5.41, 5.74) is 4.46. The van der Waals surface area contributed by atoms with Crippen LogP contribution in [0, 0.1) is 5.82 Å². The van der Waals surface area contributed by atoms with E-state index in [0.29, 0.717) is 58.0 Å². The van der Waals surface area contributed by atoms with Gasteiger partial charge in [-0.2, -0.15) is 5.10 Å². The highest BCUT2D eigenvalue weighted by Gasteiger charge is 2.38. The van der Waals surface area contributed by atoms with Gasteiger partial charge in [-0.25, -0.2) is 18.2 Å². The van der Waals surface area contributed by atoms with E-state index in [-0.39, 0.29) is 29.7 Å². The maximum Gasteiger partial charge on any atom is 0.261 e. The number of hydrogen-bond acceptors (Lipinski definition) is 7. The molecule has 1 fully saturated rings. The Bertz CT molecular complexity index is 1830. The molecule has 7 rings (SSSR count). The van der Waals surface area contributed by atoms with Gasteiger partial charge in [0.25, 0.3) is 5.92 Å². The van der Waals surface area contributed by atoms with Crippen LogP contribution in [0.2, 0.25) is 0 Å². The van der Waals surface area contributed by atoms with Gasteiger partial charge in [0.2, 0.25) is 0 Å². The zero-order chi connectivity index (χ0) is 26.6. The number of alkyl halides is 2. The molecule has 1 aliphatic rings. The first kappa shape index (κ1) is 23.4. The summed E-state index contributed by atoms with van der Waals surface area (Å²) in [6.07, 6.45) is 7.77. The van der Waals surface area contributed by atoms with Crippen molar-refractivity contribution in [3.05, 3.63) is 72.7 Å². The van der Waals surface area contributed by atoms with E-state index in [2.05, 4.69) is 35.1 Å². The zero-order valence-corrected chi connectivity index (χ0v) is 20.4. The fourth-order valence-corrected chi connectivity index (χ4v) is 4.99. The number of likely N-dealkylation sites (tertiary alicyclic amines) is 1. The first-order valence-corrected chi connectivity index (χ1v) is 12.3. The smallest absolute Gasteiger partial charge is 0.261 e. The topological polar surface area (TPSA) is 112 Å². The van der Waals surface area contributed by atoms with Crippen molar-refractivity contribution in [1.82, 2.24) is 45.0 Å². The Morgan fingerprint density at radius 3 is 2.69 bits per heavy atom. The Labute approximate surface area is 219 Å². The SMILES string of the molecule is Fc1c(-c2cncc(CN3CCC(F)(F)C3)c2)ncc2[nH]nc(-c3nc4c(-c5ccccn5)nccc4[nH]3)c12. The molecule has 6 aromatic heterocycles. The third kappa shape index (κ3) is 4.18. The molecule has 0 unspecified atom stereocenters. The second-order valence-electron chi connectivity index (χ2n) is 9.54. The number of pyridine rings is 4. The number of nitrogens with zero attached hydrogens (tertiary/aromatic N) is 7. The van der Waals surface area contributed by atoms with Crippen LogP contribution in [0.3, 0.4) is 0 Å². The molecule has 1 saturated heterocycles. The van der Waals surface area contributed by atoms with E-state index in [1.54, 1.807) is 35.6 Å². The van der Waals surface area contributed by atoms with Gasteiger partial charge < -0.3 is 4.98 Å². The maximum absolute atomic E-state index is 16.0. The Morgan fingerprint density at radius 1 is 0.949 bits per heavy atom. The van der Waals surface area contributed by atoms with Crippen molar-refractivity contribution in [3.8, 4) is 34.2 Å². The van der Waals surface area contributed by atoms with Crippen LogP contribution < -0.4 is 0 Å². The summed E-state index contributed by atoms with van der Waals surface area (Å²) in [7, 11) is 0. The highest BCUT2D eigenvalue weighted by molar-refractivity contribution is 5.97. The molecule has 2 N–H and O–H groups in total. The Hall–Kier alpha value is -4.71. The van der Waals surface area contributed by atoms with Crippen molar-refractivity contribution < 1.29 is 13.2 Å². The Balaban J connectivity index is 1.28. The summed E-state index contributed by atoms with van der Waals surface area (Å²) in [6, 6.07) is 9.04. The van der Waals surface area contributed by atoms with E-state index in [4.69, 9.17) is 4.98 Å². The lowest BCUT2D eigenvalue weighted by atomic mass is 10.1. The lowest BCUT2D eigenvalue weighted by molar-refractivity contribution is 0.0115. The van der Waals surface area contributed by atoms with Crippen LogP contribution in [0.5, 0.6) is 0 Å². The first-order valence-electron chi connectivity index (χ1n) is 12.3. The van der Waals surface area contributed by atoms with Crippen molar-refractivity contribution in [3.63, 3.8) is 0 Å². The van der Waals surface area contributed by atoms with Crippen LogP contribution in [0.25, 0.3) is 56.1 Å². The van der Waals surface area contributed by atoms with Gasteiger partial charge in [-0.05, 0) is 29.8 Å². The number of H-pyrrole nitrogens is 2. The lowest BCUT2D eigenvalue weighted by Crippen LogP contribution is -2.24. The van der Waals surface area contributed by atoms with Gasteiger partial charge in [-0.1, -0.05) is 6.07 Å². The van der Waals surface area contributed by atoms with Crippen molar-refractivity contribution >= 4 is 21.9 Å². The van der Waals surface area contributed by atoms with Gasteiger partial charge >= 0.3 is 0 Å². The predicted octanol–water partition coefficient (Wildman–Crippen LogP) is 5.00. The van der Waals surface area contributed by atoms with Gasteiger partial charge in [-0.3, -0.25) is 29.9 Å². The molecule has 0 spiro atoms. The molecule has 0 radical (unpaired) electrons. The van der Waals surface area contributed by atoms with E-state index < -0.39 is 11.7 Å². The number of fused-ring (bicyclic) bond motifs is 2. The maximum atomic E-state index is 16.0. The Kier molecular flexibility index (Phi) is 5.37. The molecule has 194 valence electrons. The van der Waals surface area contributed by atoms with Crippen molar-refractivity contribution in [2.24, 2.45) is 0 Å². The van der Waals surface area contributed by atoms with Crippen molar-refractivity contribution in [2.75, 3.05) is 13.1 Å². The summed E-state index contributed by atoms with van der Waals surface area (Å²) in [6.45, 7) is 0.287. The summed E-state index contributed by atoms with van der Waals surface area (Å²) in [5, 5.41) is 7.38. The molecule has 0 aliphatic carbocycles. The molecule has 0 bridgehead atoms. The Morgan fingerprint density at radius 2 is 1.87 bits per heavy atom. The van der Waals surface area contributed by atoms with Crippen LogP contribution in [0.4, 0.5) is 13.2 Å². The molecular weight excluding hydrogens is 507 g/mol. The zero-order valence-electron chi connectivity index (χ0n) is 20.4. The second-order valence-corrected chi connectivity index (χ2v) is 9.54. The van der Waals surface area contributed by atoms with E-state index in [1.807, 2.05) is 18.2 Å². The van der Waals surface area contributed by atoms with Crippen LogP contribution in [0.1, 0.15) is 12.0 Å². The summed E-state index contributed by atoms with van der Waals surface area (Å²) >= 11 is 0. The van der Waals surface area contributed by atoms with E-state index >= 15 is 4.39 Å². The number of rotatable bonds is 5. The summed E-state index contributed by atoms with van der Waals surface area (Å²) < 4.78 is 43.3. The van der Waals surface area contributed by atoms with Crippen LogP contribution in [0.15, 0.2) is 61.3 Å². The van der Waals surface area contributed by atoms with Gasteiger partial charge in [-0.15, -0.1) is 0 Å². The largest absolute Gasteiger partial charge is 0.336 e. The fraction of sp³-hybridized carbons (Fsp3) is 0.185. The second kappa shape index (κ2) is 8.95. The van der Waals surface area contributed by atoms with E-state index in [9.17, 15) is 8.78 Å². The van der Waals surface area contributed by atoms with E-state index in [0.717, 1.165) is 0 Å². The van der Waals surface area contributed by atoms with Gasteiger partial charge in [0, 0.05) is 49.9 Å². The third-order valence-corrected chi connectivity index (χ3v) is 6.80. The van der Waals surface area contributed by atoms with E-state index in [1.165, 1.54) is 12.4 Å². The van der Waals surface area contributed by atoms with Crippen LogP contribution in [-0.4, -0.2) is 64.0 Å². The first-order chi connectivity index (χ1) is 18.9. The molecule has 0 saturated carbocycles. The number of imidazole rings is 1. The molecular formula is C27H20F3N9. The molecule has 39 heavy (non-hydrogen) atoms. The highest BCUT2D eigenvalue weighted by atomic mass is 19.3. The minimum atomic E-state index is -2.69. The molecule has 0 amide bonds. The number of halogens is 3. The average molecular weight is 528 g/mol. The van der Waals surface area contributed by atoms with Gasteiger partial charge in [0.15, 0.2) is 11.6 Å². The molecule has 7 heterocycles. The molecule has 12 heteroatoms. The fourth-order valence-electron chi connectivity index (χ4n) is 4.99. The number of hydrogen-bond donors (Lipinski definition) is 2. The van der Waals surface area contributed by atoms with Gasteiger partial charge in [0.05, 0.1) is 34.9 Å². The molecule has 9 nitrogen and oxygen atoms in total. The average Bonchev–Trinajstić information content (AvgIpc) is 3.65. The minimum absolute atomic E-state index is 0.0817. The molecule has 6 aromatic rings. The molecule has 0 atom stereocenters. The third-order valence-electron chi connectivity index (χ3n) is 6.80. The van der Waals surface area contributed by atoms with Crippen molar-refractivity contribution in [2.45, 2.75) is 18.9 Å². The standard InChI is InChI=1S/C27H20F3N9/c28-21-20-19(12-34-22(21)16-9-15(10-31-11-16)13-39-8-5-27(29,30)14-39)37-38-25(20)26-35-18-4-7-33-23(24(18)36-26)17-3-1-2-6-32-17/h1-4,6-7,9-12H,5,8,13-14H2,(H,35,36)(H,37,38).